The lowest BCUT2D eigenvalue weighted by Crippen LogP contribution is -2.40. The molecule has 0 spiro atoms. The molecule has 1 heterocycles. The second-order valence-corrected chi connectivity index (χ2v) is 3.03. The van der Waals surface area contributed by atoms with E-state index in [1.165, 1.54) is 5.01 Å². The molecule has 2 amide bonds. The molecule has 0 aromatic heterocycles. The molecule has 4 nitrogen and oxygen atoms in total. The molecule has 1 rings (SSSR count). The molecule has 0 radical (unpaired) electrons. The molecule has 0 bridgehead atoms. The van der Waals surface area contributed by atoms with Crippen molar-refractivity contribution in [1.29, 1.82) is 0 Å². The van der Waals surface area contributed by atoms with Gasteiger partial charge in [0.2, 0.25) is 0 Å². The van der Waals surface area contributed by atoms with E-state index in [4.69, 9.17) is 0 Å². The van der Waals surface area contributed by atoms with Crippen LogP contribution in [0.15, 0.2) is 0 Å². The Labute approximate surface area is 63.1 Å². The second-order valence-electron chi connectivity index (χ2n) is 2.11. The Balaban J connectivity index is 2.72. The molecule has 10 heavy (non-hydrogen) atoms. The van der Waals surface area contributed by atoms with Crippen LogP contribution in [0.2, 0.25) is 0 Å². The first-order chi connectivity index (χ1) is 4.63. The van der Waals surface area contributed by atoms with Crippen molar-refractivity contribution in [3.8, 4) is 0 Å². The Morgan fingerprint density at radius 1 is 1.50 bits per heavy atom. The minimum atomic E-state index is -0.185. The van der Waals surface area contributed by atoms with Crippen LogP contribution >= 0.6 is 11.8 Å². The SMILES string of the molecule is CN(C)N1C(=O)CSC1=O. The van der Waals surface area contributed by atoms with Crippen molar-refractivity contribution < 1.29 is 9.59 Å². The Kier molecular flexibility index (Phi) is 1.96. The first-order valence-electron chi connectivity index (χ1n) is 2.80. The van der Waals surface area contributed by atoms with E-state index in [1.807, 2.05) is 0 Å². The van der Waals surface area contributed by atoms with Crippen molar-refractivity contribution in [3.05, 3.63) is 0 Å². The largest absolute Gasteiger partial charge is 0.303 e. The van der Waals surface area contributed by atoms with Crippen molar-refractivity contribution in [3.63, 3.8) is 0 Å². The maximum atomic E-state index is 10.9. The van der Waals surface area contributed by atoms with Crippen molar-refractivity contribution in [2.24, 2.45) is 0 Å². The molecule has 1 fully saturated rings. The maximum Gasteiger partial charge on any atom is 0.303 e. The molecule has 0 aliphatic carbocycles. The zero-order valence-corrected chi connectivity index (χ0v) is 6.64. The Hall–Kier alpha value is -0.550. The number of hydrazine groups is 1. The number of rotatable bonds is 1. The summed E-state index contributed by atoms with van der Waals surface area (Å²) < 4.78 is 0. The number of carbonyl (C=O) groups is 2. The van der Waals surface area contributed by atoms with Crippen molar-refractivity contribution in [2.75, 3.05) is 19.8 Å². The van der Waals surface area contributed by atoms with Gasteiger partial charge in [0.05, 0.1) is 5.75 Å². The van der Waals surface area contributed by atoms with Crippen LogP contribution < -0.4 is 0 Å². The number of hydrogen-bond acceptors (Lipinski definition) is 4. The predicted octanol–water partition coefficient (Wildman–Crippen LogP) is 0.158. The smallest absolute Gasteiger partial charge is 0.272 e. The minimum Gasteiger partial charge on any atom is -0.272 e. The van der Waals surface area contributed by atoms with E-state index in [9.17, 15) is 9.59 Å². The van der Waals surface area contributed by atoms with Gasteiger partial charge < -0.3 is 0 Å². The molecule has 0 atom stereocenters. The molecular formula is C5H8N2O2S. The fraction of sp³-hybridized carbons (Fsp3) is 0.600. The highest BCUT2D eigenvalue weighted by Crippen LogP contribution is 2.18. The highest BCUT2D eigenvalue weighted by Gasteiger charge is 2.31. The molecule has 0 aromatic rings. The fourth-order valence-electron chi connectivity index (χ4n) is 0.734. The lowest BCUT2D eigenvalue weighted by atomic mass is 10.7. The summed E-state index contributed by atoms with van der Waals surface area (Å²) in [5.74, 6) is 0.136. The number of carbonyl (C=O) groups excluding carboxylic acids is 2. The van der Waals surface area contributed by atoms with Crippen LogP contribution in [0.25, 0.3) is 0 Å². The molecular weight excluding hydrogens is 152 g/mol. The van der Waals surface area contributed by atoms with Gasteiger partial charge >= 0.3 is 5.24 Å². The highest BCUT2D eigenvalue weighted by molar-refractivity contribution is 8.14. The number of thioether (sulfide) groups is 1. The molecule has 1 saturated heterocycles. The van der Waals surface area contributed by atoms with Crippen LogP contribution in [0.1, 0.15) is 0 Å². The zero-order valence-electron chi connectivity index (χ0n) is 5.83. The summed E-state index contributed by atoms with van der Waals surface area (Å²) in [6, 6.07) is 0. The lowest BCUT2D eigenvalue weighted by Gasteiger charge is -2.19. The third-order valence-electron chi connectivity index (χ3n) is 1.13. The summed E-state index contributed by atoms with van der Waals surface area (Å²) in [6.07, 6.45) is 0. The van der Waals surface area contributed by atoms with E-state index in [1.54, 1.807) is 14.1 Å². The summed E-state index contributed by atoms with van der Waals surface area (Å²) in [5, 5.41) is 2.44. The van der Waals surface area contributed by atoms with Gasteiger partial charge in [0.15, 0.2) is 0 Å². The first-order valence-corrected chi connectivity index (χ1v) is 3.78. The van der Waals surface area contributed by atoms with E-state index in [0.29, 0.717) is 0 Å². The molecule has 1 aliphatic heterocycles. The maximum absolute atomic E-state index is 10.9. The van der Waals surface area contributed by atoms with Crippen LogP contribution in [-0.4, -0.2) is 41.0 Å². The van der Waals surface area contributed by atoms with Crippen LogP contribution in [0.4, 0.5) is 4.79 Å². The molecule has 5 heteroatoms. The van der Waals surface area contributed by atoms with Gasteiger partial charge in [0.25, 0.3) is 5.91 Å². The van der Waals surface area contributed by atoms with Crippen LogP contribution in [0.3, 0.4) is 0 Å². The monoisotopic (exact) mass is 160 g/mol. The summed E-state index contributed by atoms with van der Waals surface area (Å²) in [5.41, 5.74) is 0. The zero-order chi connectivity index (χ0) is 7.72. The average molecular weight is 160 g/mol. The van der Waals surface area contributed by atoms with Crippen LogP contribution in [0, 0.1) is 0 Å². The van der Waals surface area contributed by atoms with Gasteiger partial charge in [-0.15, -0.1) is 0 Å². The van der Waals surface area contributed by atoms with Gasteiger partial charge in [-0.05, 0) is 0 Å². The third kappa shape index (κ3) is 1.15. The van der Waals surface area contributed by atoms with Crippen LogP contribution in [0.5, 0.6) is 0 Å². The Morgan fingerprint density at radius 3 is 2.30 bits per heavy atom. The average Bonchev–Trinajstić information content (AvgIpc) is 2.11. The normalized spacial score (nSPS) is 19.3. The number of amides is 2. The molecule has 0 unspecified atom stereocenters. The fourth-order valence-corrected chi connectivity index (χ4v) is 1.49. The topological polar surface area (TPSA) is 40.6 Å². The van der Waals surface area contributed by atoms with Crippen molar-refractivity contribution in [1.82, 2.24) is 10.0 Å². The van der Waals surface area contributed by atoms with E-state index < -0.39 is 0 Å². The lowest BCUT2D eigenvalue weighted by molar-refractivity contribution is -0.133. The molecule has 0 N–H and O–H groups in total. The summed E-state index contributed by atoms with van der Waals surface area (Å²) in [4.78, 5) is 21.7. The Morgan fingerprint density at radius 2 is 2.10 bits per heavy atom. The van der Waals surface area contributed by atoms with Gasteiger partial charge in [-0.25, -0.2) is 10.0 Å². The summed E-state index contributed by atoms with van der Waals surface area (Å²) >= 11 is 1.04. The Bertz CT molecular complexity index is 164. The highest BCUT2D eigenvalue weighted by atomic mass is 32.2. The van der Waals surface area contributed by atoms with Gasteiger partial charge in [-0.1, -0.05) is 11.8 Å². The van der Waals surface area contributed by atoms with Gasteiger partial charge in [0, 0.05) is 14.1 Å². The molecule has 0 aromatic carbocycles. The minimum absolute atomic E-state index is 0.139. The molecule has 0 saturated carbocycles. The predicted molar refractivity (Wildman–Crippen MR) is 38.4 cm³/mol. The summed E-state index contributed by atoms with van der Waals surface area (Å²) in [6.45, 7) is 0. The quantitative estimate of drug-likeness (QED) is 0.548. The molecule has 56 valence electrons. The van der Waals surface area contributed by atoms with E-state index in [0.717, 1.165) is 16.8 Å². The van der Waals surface area contributed by atoms with Crippen LogP contribution in [-0.2, 0) is 4.79 Å². The van der Waals surface area contributed by atoms with Crippen molar-refractivity contribution in [2.45, 2.75) is 0 Å². The van der Waals surface area contributed by atoms with E-state index in [2.05, 4.69) is 0 Å². The van der Waals surface area contributed by atoms with Gasteiger partial charge in [0.1, 0.15) is 0 Å². The van der Waals surface area contributed by atoms with E-state index in [-0.39, 0.29) is 16.9 Å². The third-order valence-corrected chi connectivity index (χ3v) is 1.94. The first kappa shape index (κ1) is 7.56. The van der Waals surface area contributed by atoms with Gasteiger partial charge in [-0.3, -0.25) is 9.59 Å². The second kappa shape index (κ2) is 2.59. The summed E-state index contributed by atoms with van der Waals surface area (Å²) in [7, 11) is 3.34. The number of nitrogens with zero attached hydrogens (tertiary/aromatic N) is 2. The number of imide groups is 1. The number of hydrogen-bond donors (Lipinski definition) is 0. The van der Waals surface area contributed by atoms with Gasteiger partial charge in [-0.2, -0.15) is 0 Å². The molecule has 1 aliphatic rings. The standard InChI is InChI=1S/C5H8N2O2S/c1-6(2)7-4(8)3-10-5(7)9/h3H2,1-2H3. The van der Waals surface area contributed by atoms with Crippen molar-refractivity contribution >= 4 is 22.9 Å². The van der Waals surface area contributed by atoms with E-state index >= 15 is 0 Å².